The van der Waals surface area contributed by atoms with Crippen LogP contribution in [0.2, 0.25) is 0 Å². The van der Waals surface area contributed by atoms with E-state index in [1.54, 1.807) is 12.1 Å². The van der Waals surface area contributed by atoms with Crippen molar-refractivity contribution in [2.45, 2.75) is 18.4 Å². The van der Waals surface area contributed by atoms with Crippen molar-refractivity contribution >= 4 is 11.9 Å². The molecule has 24 heavy (non-hydrogen) atoms. The van der Waals surface area contributed by atoms with Gasteiger partial charge in [-0.2, -0.15) is 0 Å². The van der Waals surface area contributed by atoms with Crippen LogP contribution in [0.1, 0.15) is 17.5 Å². The monoisotopic (exact) mass is 320 g/mol. The van der Waals surface area contributed by atoms with Crippen molar-refractivity contribution in [3.05, 3.63) is 78.1 Å². The fourth-order valence-electron chi connectivity index (χ4n) is 4.07. The molecular weight excluding hydrogens is 299 g/mol. The normalized spacial score (nSPS) is 25.8. The third-order valence-corrected chi connectivity index (χ3v) is 5.39. The zero-order chi connectivity index (χ0) is 16.6. The molecule has 0 N–H and O–H groups in total. The third kappa shape index (κ3) is 2.49. The predicted octanol–water partition coefficient (Wildman–Crippen LogP) is 4.49. The van der Waals surface area contributed by atoms with Gasteiger partial charge >= 0.3 is 0 Å². The number of hydrogen-bond acceptors (Lipinski definition) is 2. The van der Waals surface area contributed by atoms with E-state index in [9.17, 15) is 4.39 Å². The van der Waals surface area contributed by atoms with E-state index in [2.05, 4.69) is 40.7 Å². The van der Waals surface area contributed by atoms with Gasteiger partial charge in [0.25, 0.3) is 0 Å². The zero-order valence-electron chi connectivity index (χ0n) is 13.7. The van der Waals surface area contributed by atoms with Gasteiger partial charge in [0.15, 0.2) is 0 Å². The maximum Gasteiger partial charge on any atom is 0.123 e. The van der Waals surface area contributed by atoms with E-state index in [0.717, 1.165) is 37.3 Å². The summed E-state index contributed by atoms with van der Waals surface area (Å²) in [5.41, 5.74) is 3.04. The number of likely N-dealkylation sites (tertiary alicyclic amines) is 1. The minimum atomic E-state index is -0.202. The quantitative estimate of drug-likeness (QED) is 0.761. The van der Waals surface area contributed by atoms with Gasteiger partial charge in [-0.3, -0.25) is 9.89 Å². The highest BCUT2D eigenvalue weighted by atomic mass is 19.1. The fraction of sp³-hybridized carbons (Fsp3) is 0.286. The van der Waals surface area contributed by atoms with Crippen LogP contribution in [0.25, 0.3) is 0 Å². The first-order valence-electron chi connectivity index (χ1n) is 8.45. The fourth-order valence-corrected chi connectivity index (χ4v) is 4.07. The SMILES string of the molecule is C=C[C@H]1CN(Cc2ccccc2)CC[C@@]12C=Nc1ccc(F)cc12. The highest BCUT2D eigenvalue weighted by Gasteiger charge is 2.45. The molecule has 2 aromatic rings. The Hall–Kier alpha value is -2.26. The Morgan fingerprint density at radius 2 is 2.08 bits per heavy atom. The van der Waals surface area contributed by atoms with E-state index < -0.39 is 0 Å². The van der Waals surface area contributed by atoms with Crippen LogP contribution in [0, 0.1) is 11.7 Å². The lowest BCUT2D eigenvalue weighted by molar-refractivity contribution is 0.149. The van der Waals surface area contributed by atoms with Gasteiger partial charge in [-0.15, -0.1) is 6.58 Å². The van der Waals surface area contributed by atoms with Crippen molar-refractivity contribution in [1.82, 2.24) is 4.90 Å². The lowest BCUT2D eigenvalue weighted by atomic mass is 9.67. The molecule has 2 aliphatic heterocycles. The van der Waals surface area contributed by atoms with Crippen LogP contribution in [0.5, 0.6) is 0 Å². The first-order valence-corrected chi connectivity index (χ1v) is 8.45. The van der Waals surface area contributed by atoms with Crippen molar-refractivity contribution in [2.75, 3.05) is 13.1 Å². The van der Waals surface area contributed by atoms with E-state index in [1.807, 2.05) is 18.4 Å². The summed E-state index contributed by atoms with van der Waals surface area (Å²) >= 11 is 0. The second-order valence-corrected chi connectivity index (χ2v) is 6.77. The van der Waals surface area contributed by atoms with Crippen molar-refractivity contribution in [1.29, 1.82) is 0 Å². The number of halogens is 1. The summed E-state index contributed by atoms with van der Waals surface area (Å²) in [7, 11) is 0. The number of piperidine rings is 1. The Balaban J connectivity index is 1.60. The van der Waals surface area contributed by atoms with E-state index in [4.69, 9.17) is 0 Å². The molecule has 2 heterocycles. The predicted molar refractivity (Wildman–Crippen MR) is 96.3 cm³/mol. The second kappa shape index (κ2) is 5.99. The smallest absolute Gasteiger partial charge is 0.123 e. The van der Waals surface area contributed by atoms with Crippen molar-refractivity contribution < 1.29 is 4.39 Å². The summed E-state index contributed by atoms with van der Waals surface area (Å²) in [4.78, 5) is 7.02. The maximum absolute atomic E-state index is 13.8. The molecule has 0 radical (unpaired) electrons. The highest BCUT2D eigenvalue weighted by molar-refractivity contribution is 5.86. The lowest BCUT2D eigenvalue weighted by Crippen LogP contribution is -2.49. The van der Waals surface area contributed by atoms with Crippen molar-refractivity contribution in [2.24, 2.45) is 10.9 Å². The summed E-state index contributed by atoms with van der Waals surface area (Å²) in [5.74, 6) is 0.0508. The first-order chi connectivity index (χ1) is 11.7. The molecule has 4 rings (SSSR count). The minimum absolute atomic E-state index is 0.187. The number of nitrogens with zero attached hydrogens (tertiary/aromatic N) is 2. The molecule has 0 amide bonds. The topological polar surface area (TPSA) is 15.6 Å². The van der Waals surface area contributed by atoms with E-state index >= 15 is 0 Å². The molecule has 1 spiro atoms. The molecule has 1 saturated heterocycles. The number of fused-ring (bicyclic) bond motifs is 2. The molecule has 0 bridgehead atoms. The van der Waals surface area contributed by atoms with Crippen LogP contribution in [0.4, 0.5) is 10.1 Å². The standard InChI is InChI=1S/C21H21FN2/c1-2-17-14-24(13-16-6-4-3-5-7-16)11-10-21(17)15-23-20-9-8-18(22)12-19(20)21/h2-9,12,15,17H,1,10-11,13-14H2/t17-,21+/m0/s1. The van der Waals surface area contributed by atoms with E-state index in [1.165, 1.54) is 11.6 Å². The van der Waals surface area contributed by atoms with Crippen LogP contribution in [-0.2, 0) is 12.0 Å². The number of rotatable bonds is 3. The molecule has 2 aromatic carbocycles. The van der Waals surface area contributed by atoms with E-state index in [0.29, 0.717) is 0 Å². The Kier molecular flexibility index (Phi) is 3.81. The summed E-state index contributed by atoms with van der Waals surface area (Å²) in [6, 6.07) is 15.5. The second-order valence-electron chi connectivity index (χ2n) is 6.77. The molecule has 0 aliphatic carbocycles. The average Bonchev–Trinajstić information content (AvgIpc) is 2.96. The molecule has 3 heteroatoms. The van der Waals surface area contributed by atoms with Gasteiger partial charge in [-0.25, -0.2) is 4.39 Å². The molecule has 122 valence electrons. The Labute approximate surface area is 142 Å². The number of hydrogen-bond donors (Lipinski definition) is 0. The Morgan fingerprint density at radius 3 is 2.88 bits per heavy atom. The largest absolute Gasteiger partial charge is 0.298 e. The molecule has 2 nitrogen and oxygen atoms in total. The maximum atomic E-state index is 13.8. The van der Waals surface area contributed by atoms with Crippen molar-refractivity contribution in [3.63, 3.8) is 0 Å². The molecule has 2 atom stereocenters. The van der Waals surface area contributed by atoms with Gasteiger partial charge in [-0.1, -0.05) is 36.4 Å². The van der Waals surface area contributed by atoms with Gasteiger partial charge in [0.05, 0.1) is 5.69 Å². The summed E-state index contributed by atoms with van der Waals surface area (Å²) in [5, 5.41) is 0. The summed E-state index contributed by atoms with van der Waals surface area (Å²) in [6.07, 6.45) is 4.99. The number of aliphatic imine (C=N–C) groups is 1. The van der Waals surface area contributed by atoms with Gasteiger partial charge in [0.1, 0.15) is 5.82 Å². The van der Waals surface area contributed by atoms with Gasteiger partial charge in [0, 0.05) is 30.6 Å². The molecular formula is C21H21FN2. The third-order valence-electron chi connectivity index (χ3n) is 5.39. The Bertz CT molecular complexity index is 784. The van der Waals surface area contributed by atoms with Gasteiger partial charge in [0.2, 0.25) is 0 Å². The summed E-state index contributed by atoms with van der Waals surface area (Å²) < 4.78 is 13.8. The van der Waals surface area contributed by atoms with Gasteiger partial charge < -0.3 is 0 Å². The van der Waals surface area contributed by atoms with Crippen LogP contribution in [0.15, 0.2) is 66.2 Å². The Morgan fingerprint density at radius 1 is 1.25 bits per heavy atom. The molecule has 2 aliphatic rings. The molecule has 1 fully saturated rings. The van der Waals surface area contributed by atoms with Crippen LogP contribution in [0.3, 0.4) is 0 Å². The van der Waals surface area contributed by atoms with Crippen LogP contribution < -0.4 is 0 Å². The van der Waals surface area contributed by atoms with Crippen LogP contribution in [-0.4, -0.2) is 24.2 Å². The van der Waals surface area contributed by atoms with E-state index in [-0.39, 0.29) is 17.2 Å². The minimum Gasteiger partial charge on any atom is -0.298 e. The summed E-state index contributed by atoms with van der Waals surface area (Å²) in [6.45, 7) is 6.89. The van der Waals surface area contributed by atoms with Gasteiger partial charge in [-0.05, 0) is 42.3 Å². The lowest BCUT2D eigenvalue weighted by Gasteiger charge is -2.43. The molecule has 0 saturated carbocycles. The highest BCUT2D eigenvalue weighted by Crippen LogP contribution is 2.47. The van der Waals surface area contributed by atoms with Crippen LogP contribution >= 0.6 is 0 Å². The number of benzene rings is 2. The molecule has 0 aromatic heterocycles. The molecule has 0 unspecified atom stereocenters. The van der Waals surface area contributed by atoms with Crippen molar-refractivity contribution in [3.8, 4) is 0 Å². The average molecular weight is 320 g/mol. The zero-order valence-corrected chi connectivity index (χ0v) is 13.7. The first kappa shape index (κ1) is 15.3.